The Balaban J connectivity index is 2.42. The van der Waals surface area contributed by atoms with E-state index in [9.17, 15) is 4.79 Å². The Kier molecular flexibility index (Phi) is 7.36. The number of alkyl carbamates (subject to hydrolysis) is 1. The summed E-state index contributed by atoms with van der Waals surface area (Å²) < 4.78 is 6.36. The van der Waals surface area contributed by atoms with Crippen LogP contribution in [0.3, 0.4) is 0 Å². The average molecular weight is 371 g/mol. The molecule has 2 N–H and O–H groups in total. The van der Waals surface area contributed by atoms with Gasteiger partial charge in [0, 0.05) is 23.6 Å². The third kappa shape index (κ3) is 7.27. The molecule has 0 heterocycles. The quantitative estimate of drug-likeness (QED) is 0.790. The molecule has 0 fully saturated rings. The van der Waals surface area contributed by atoms with E-state index in [0.717, 1.165) is 17.4 Å². The summed E-state index contributed by atoms with van der Waals surface area (Å²) in [6, 6.07) is 6.55. The first-order valence-corrected chi connectivity index (χ1v) is 8.46. The molecular weight excluding hydrogens is 344 g/mol. The van der Waals surface area contributed by atoms with E-state index in [1.165, 1.54) is 11.1 Å². The third-order valence-corrected chi connectivity index (χ3v) is 4.07. The fraction of sp³-hybridized carbons (Fsp3) is 0.588. The summed E-state index contributed by atoms with van der Waals surface area (Å²) >= 11 is 3.55. The summed E-state index contributed by atoms with van der Waals surface area (Å²) in [4.78, 5) is 11.7. The minimum Gasteiger partial charge on any atom is -0.444 e. The van der Waals surface area contributed by atoms with Gasteiger partial charge in [0.25, 0.3) is 0 Å². The normalized spacial score (nSPS) is 12.8. The van der Waals surface area contributed by atoms with Crippen LogP contribution in [-0.2, 0) is 11.3 Å². The van der Waals surface area contributed by atoms with Gasteiger partial charge in [0.15, 0.2) is 0 Å². The van der Waals surface area contributed by atoms with Gasteiger partial charge in [0.1, 0.15) is 5.60 Å². The van der Waals surface area contributed by atoms with Crippen LogP contribution >= 0.6 is 15.9 Å². The summed E-state index contributed by atoms with van der Waals surface area (Å²) in [5, 5.41) is 6.27. The number of ether oxygens (including phenoxy) is 1. The first kappa shape index (κ1) is 19.0. The smallest absolute Gasteiger partial charge is 0.407 e. The number of hydrogen-bond donors (Lipinski definition) is 2. The number of carbonyl (C=O) groups excluding carboxylic acids is 1. The van der Waals surface area contributed by atoms with E-state index >= 15 is 0 Å². The van der Waals surface area contributed by atoms with Gasteiger partial charge in [-0.1, -0.05) is 35.0 Å². The Morgan fingerprint density at radius 2 is 2.05 bits per heavy atom. The topological polar surface area (TPSA) is 50.4 Å². The van der Waals surface area contributed by atoms with Crippen molar-refractivity contribution in [2.24, 2.45) is 0 Å². The zero-order chi connectivity index (χ0) is 16.8. The lowest BCUT2D eigenvalue weighted by Crippen LogP contribution is -2.42. The van der Waals surface area contributed by atoms with E-state index < -0.39 is 5.60 Å². The van der Waals surface area contributed by atoms with Gasteiger partial charge in [-0.15, -0.1) is 0 Å². The standard InChI is InChI=1S/C17H27BrN2O2/c1-6-14(11-20-16(21)22-17(3,4)5)19-10-13-8-7-12(2)15(18)9-13/h7-9,14,19H,6,10-11H2,1-5H3,(H,20,21). The van der Waals surface area contributed by atoms with Gasteiger partial charge < -0.3 is 15.4 Å². The highest BCUT2D eigenvalue weighted by molar-refractivity contribution is 9.10. The third-order valence-electron chi connectivity index (χ3n) is 3.22. The predicted octanol–water partition coefficient (Wildman–Crippen LogP) is 4.15. The molecule has 1 unspecified atom stereocenters. The van der Waals surface area contributed by atoms with Crippen molar-refractivity contribution in [3.05, 3.63) is 33.8 Å². The maximum atomic E-state index is 11.7. The highest BCUT2D eigenvalue weighted by atomic mass is 79.9. The molecule has 1 aromatic rings. The summed E-state index contributed by atoms with van der Waals surface area (Å²) in [5.74, 6) is 0. The van der Waals surface area contributed by atoms with Crippen molar-refractivity contribution in [2.75, 3.05) is 6.54 Å². The van der Waals surface area contributed by atoms with E-state index in [0.29, 0.717) is 6.54 Å². The maximum absolute atomic E-state index is 11.7. The number of aryl methyl sites for hydroxylation is 1. The summed E-state index contributed by atoms with van der Waals surface area (Å²) in [5.41, 5.74) is 1.98. The Morgan fingerprint density at radius 1 is 1.36 bits per heavy atom. The van der Waals surface area contributed by atoms with Crippen LogP contribution in [-0.4, -0.2) is 24.3 Å². The van der Waals surface area contributed by atoms with Crippen LogP contribution in [0.5, 0.6) is 0 Å². The number of rotatable bonds is 6. The van der Waals surface area contributed by atoms with Crippen LogP contribution in [0.4, 0.5) is 4.79 Å². The number of hydrogen-bond acceptors (Lipinski definition) is 3. The number of benzene rings is 1. The zero-order valence-corrected chi connectivity index (χ0v) is 15.7. The number of halogens is 1. The molecule has 0 saturated carbocycles. The molecular formula is C17H27BrN2O2. The number of amides is 1. The van der Waals surface area contributed by atoms with Crippen molar-refractivity contribution in [2.45, 2.75) is 59.2 Å². The molecule has 1 aromatic carbocycles. The van der Waals surface area contributed by atoms with Crippen molar-refractivity contribution >= 4 is 22.0 Å². The maximum Gasteiger partial charge on any atom is 0.407 e. The van der Waals surface area contributed by atoms with E-state index in [4.69, 9.17) is 4.74 Å². The van der Waals surface area contributed by atoms with Gasteiger partial charge >= 0.3 is 6.09 Å². The number of carbonyl (C=O) groups is 1. The van der Waals surface area contributed by atoms with E-state index in [2.05, 4.69) is 58.6 Å². The Morgan fingerprint density at radius 3 is 2.59 bits per heavy atom. The van der Waals surface area contributed by atoms with Crippen molar-refractivity contribution < 1.29 is 9.53 Å². The van der Waals surface area contributed by atoms with E-state index in [1.54, 1.807) is 0 Å². The molecule has 0 radical (unpaired) electrons. The van der Waals surface area contributed by atoms with Gasteiger partial charge in [-0.05, 0) is 51.3 Å². The lowest BCUT2D eigenvalue weighted by molar-refractivity contribution is 0.0522. The molecule has 0 aromatic heterocycles. The van der Waals surface area contributed by atoms with Crippen molar-refractivity contribution in [1.29, 1.82) is 0 Å². The second kappa shape index (κ2) is 8.53. The van der Waals surface area contributed by atoms with Crippen LogP contribution in [0, 0.1) is 6.92 Å². The highest BCUT2D eigenvalue weighted by Gasteiger charge is 2.16. The molecule has 0 aliphatic rings. The lowest BCUT2D eigenvalue weighted by Gasteiger charge is -2.22. The Hall–Kier alpha value is -1.07. The summed E-state index contributed by atoms with van der Waals surface area (Å²) in [6.45, 7) is 11.1. The van der Waals surface area contributed by atoms with Crippen LogP contribution in [0.15, 0.2) is 22.7 Å². The molecule has 1 rings (SSSR count). The Labute approximate surface area is 142 Å². The van der Waals surface area contributed by atoms with Gasteiger partial charge in [-0.25, -0.2) is 4.79 Å². The summed E-state index contributed by atoms with van der Waals surface area (Å²) in [6.07, 6.45) is 0.564. The minimum absolute atomic E-state index is 0.215. The first-order valence-electron chi connectivity index (χ1n) is 7.66. The van der Waals surface area contributed by atoms with Crippen LogP contribution in [0.2, 0.25) is 0 Å². The predicted molar refractivity (Wildman–Crippen MR) is 94.0 cm³/mol. The highest BCUT2D eigenvalue weighted by Crippen LogP contribution is 2.17. The number of nitrogens with one attached hydrogen (secondary N) is 2. The van der Waals surface area contributed by atoms with Gasteiger partial charge in [-0.3, -0.25) is 0 Å². The Bertz CT molecular complexity index is 498. The molecule has 1 atom stereocenters. The molecule has 5 heteroatoms. The second-order valence-corrected chi connectivity index (χ2v) is 7.31. The SMILES string of the molecule is CCC(CNC(=O)OC(C)(C)C)NCc1ccc(C)c(Br)c1. The fourth-order valence-electron chi connectivity index (χ4n) is 1.89. The molecule has 124 valence electrons. The molecule has 0 aliphatic carbocycles. The lowest BCUT2D eigenvalue weighted by atomic mass is 10.1. The summed E-state index contributed by atoms with van der Waals surface area (Å²) in [7, 11) is 0. The fourth-order valence-corrected chi connectivity index (χ4v) is 2.32. The second-order valence-electron chi connectivity index (χ2n) is 6.45. The van der Waals surface area contributed by atoms with Crippen molar-refractivity contribution in [3.8, 4) is 0 Å². The van der Waals surface area contributed by atoms with Gasteiger partial charge in [0.2, 0.25) is 0 Å². The van der Waals surface area contributed by atoms with Crippen molar-refractivity contribution in [3.63, 3.8) is 0 Å². The molecule has 0 saturated heterocycles. The molecule has 0 aliphatic heterocycles. The molecule has 4 nitrogen and oxygen atoms in total. The van der Waals surface area contributed by atoms with Crippen LogP contribution in [0.25, 0.3) is 0 Å². The molecule has 0 spiro atoms. The molecule has 1 amide bonds. The largest absolute Gasteiger partial charge is 0.444 e. The van der Waals surface area contributed by atoms with E-state index in [1.807, 2.05) is 20.8 Å². The first-order chi connectivity index (χ1) is 10.2. The van der Waals surface area contributed by atoms with Crippen LogP contribution < -0.4 is 10.6 Å². The average Bonchev–Trinajstić information content (AvgIpc) is 2.41. The zero-order valence-electron chi connectivity index (χ0n) is 14.1. The van der Waals surface area contributed by atoms with Gasteiger partial charge in [0.05, 0.1) is 0 Å². The van der Waals surface area contributed by atoms with Gasteiger partial charge in [-0.2, -0.15) is 0 Å². The molecule has 22 heavy (non-hydrogen) atoms. The molecule has 0 bridgehead atoms. The van der Waals surface area contributed by atoms with E-state index in [-0.39, 0.29) is 12.1 Å². The minimum atomic E-state index is -0.465. The van der Waals surface area contributed by atoms with Crippen molar-refractivity contribution in [1.82, 2.24) is 10.6 Å². The van der Waals surface area contributed by atoms with Crippen LogP contribution in [0.1, 0.15) is 45.2 Å². The monoisotopic (exact) mass is 370 g/mol.